The summed E-state index contributed by atoms with van der Waals surface area (Å²) in [6.45, 7) is -0.0747. The Kier molecular flexibility index (Phi) is 3.70. The molecule has 2 aromatic carbocycles. The van der Waals surface area contributed by atoms with Crippen molar-refractivity contribution in [2.45, 2.75) is 0 Å². The van der Waals surface area contributed by atoms with Crippen LogP contribution in [0.3, 0.4) is 0 Å². The molecule has 0 spiro atoms. The van der Waals surface area contributed by atoms with Gasteiger partial charge in [0.1, 0.15) is 5.69 Å². The average molecular weight is 293 g/mol. The number of amides is 1. The molecule has 0 aliphatic heterocycles. The summed E-state index contributed by atoms with van der Waals surface area (Å²) in [6, 6.07) is 16.3. The number of aromatic nitrogens is 2. The molecule has 1 heterocycles. The largest absolute Gasteiger partial charge is 0.345 e. The van der Waals surface area contributed by atoms with Crippen LogP contribution in [0.15, 0.2) is 54.6 Å². The number of ketones is 1. The van der Waals surface area contributed by atoms with Crippen molar-refractivity contribution >= 4 is 22.6 Å². The molecule has 1 amide bonds. The second-order valence-electron chi connectivity index (χ2n) is 4.96. The van der Waals surface area contributed by atoms with E-state index in [9.17, 15) is 9.59 Å². The van der Waals surface area contributed by atoms with Crippen LogP contribution < -0.4 is 5.32 Å². The van der Waals surface area contributed by atoms with Gasteiger partial charge in [0.15, 0.2) is 0 Å². The van der Waals surface area contributed by atoms with Crippen molar-refractivity contribution in [3.63, 3.8) is 0 Å². The summed E-state index contributed by atoms with van der Waals surface area (Å²) < 4.78 is 1.67. The number of fused-ring (bicyclic) bond motifs is 1. The lowest BCUT2D eigenvalue weighted by Crippen LogP contribution is -2.29. The van der Waals surface area contributed by atoms with Crippen LogP contribution in [-0.4, -0.2) is 28.0 Å². The van der Waals surface area contributed by atoms with Crippen LogP contribution in [0.25, 0.3) is 10.9 Å². The van der Waals surface area contributed by atoms with Crippen LogP contribution in [-0.2, 0) is 7.05 Å². The Morgan fingerprint density at radius 2 is 1.73 bits per heavy atom. The Balaban J connectivity index is 1.76. The molecule has 0 aliphatic carbocycles. The number of nitrogens with zero attached hydrogens (tertiary/aromatic N) is 2. The highest BCUT2D eigenvalue weighted by atomic mass is 16.2. The summed E-state index contributed by atoms with van der Waals surface area (Å²) in [4.78, 5) is 24.3. The molecule has 0 unspecified atom stereocenters. The molecule has 1 aromatic heterocycles. The maximum atomic E-state index is 12.3. The fourth-order valence-corrected chi connectivity index (χ4v) is 2.36. The van der Waals surface area contributed by atoms with E-state index in [1.807, 2.05) is 30.3 Å². The number of aryl methyl sites for hydroxylation is 1. The highest BCUT2D eigenvalue weighted by molar-refractivity contribution is 6.08. The van der Waals surface area contributed by atoms with Crippen molar-refractivity contribution in [2.24, 2.45) is 7.05 Å². The third-order valence-electron chi connectivity index (χ3n) is 3.47. The SMILES string of the molecule is Cn1nc(C(=O)CNC(=O)c2ccccc2)c2ccccc21. The minimum absolute atomic E-state index is 0.0747. The monoisotopic (exact) mass is 293 g/mol. The van der Waals surface area contributed by atoms with Crippen molar-refractivity contribution in [3.05, 3.63) is 65.9 Å². The molecule has 0 atom stereocenters. The number of rotatable bonds is 4. The van der Waals surface area contributed by atoms with Gasteiger partial charge in [-0.3, -0.25) is 14.3 Å². The van der Waals surface area contributed by atoms with Crippen LogP contribution in [0, 0.1) is 0 Å². The standard InChI is InChI=1S/C17H15N3O2/c1-20-14-10-6-5-9-13(14)16(19-20)15(21)11-18-17(22)12-7-3-2-4-8-12/h2-10H,11H2,1H3,(H,18,22). The molecule has 0 saturated carbocycles. The zero-order valence-electron chi connectivity index (χ0n) is 12.1. The van der Waals surface area contributed by atoms with Gasteiger partial charge in [-0.15, -0.1) is 0 Å². The predicted octanol–water partition coefficient (Wildman–Crippen LogP) is 2.19. The number of benzene rings is 2. The fraction of sp³-hybridized carbons (Fsp3) is 0.118. The molecule has 0 saturated heterocycles. The van der Waals surface area contributed by atoms with E-state index in [4.69, 9.17) is 0 Å². The highest BCUT2D eigenvalue weighted by Crippen LogP contribution is 2.17. The maximum Gasteiger partial charge on any atom is 0.251 e. The van der Waals surface area contributed by atoms with E-state index in [1.54, 1.807) is 36.0 Å². The molecule has 0 radical (unpaired) electrons. The third kappa shape index (κ3) is 2.61. The topological polar surface area (TPSA) is 64.0 Å². The van der Waals surface area contributed by atoms with Gasteiger partial charge >= 0.3 is 0 Å². The molecule has 5 nitrogen and oxygen atoms in total. The van der Waals surface area contributed by atoms with Gasteiger partial charge in [-0.25, -0.2) is 0 Å². The van der Waals surface area contributed by atoms with E-state index >= 15 is 0 Å². The zero-order valence-corrected chi connectivity index (χ0v) is 12.1. The van der Waals surface area contributed by atoms with E-state index in [1.165, 1.54) is 0 Å². The normalized spacial score (nSPS) is 10.6. The third-order valence-corrected chi connectivity index (χ3v) is 3.47. The molecule has 0 bridgehead atoms. The van der Waals surface area contributed by atoms with Gasteiger partial charge in [-0.2, -0.15) is 5.10 Å². The first kappa shape index (κ1) is 14.0. The van der Waals surface area contributed by atoms with E-state index in [2.05, 4.69) is 10.4 Å². The predicted molar refractivity (Wildman–Crippen MR) is 83.8 cm³/mol. The van der Waals surface area contributed by atoms with Crippen LogP contribution in [0.1, 0.15) is 20.8 Å². The Hall–Kier alpha value is -2.95. The maximum absolute atomic E-state index is 12.3. The van der Waals surface area contributed by atoms with Crippen molar-refractivity contribution in [1.82, 2.24) is 15.1 Å². The minimum Gasteiger partial charge on any atom is -0.345 e. The zero-order chi connectivity index (χ0) is 15.5. The van der Waals surface area contributed by atoms with Gasteiger partial charge in [-0.1, -0.05) is 36.4 Å². The summed E-state index contributed by atoms with van der Waals surface area (Å²) in [7, 11) is 1.79. The first-order valence-electron chi connectivity index (χ1n) is 6.95. The first-order chi connectivity index (χ1) is 10.7. The van der Waals surface area contributed by atoms with Crippen LogP contribution in [0.2, 0.25) is 0 Å². The summed E-state index contributed by atoms with van der Waals surface area (Å²) in [5.74, 6) is -0.477. The smallest absolute Gasteiger partial charge is 0.251 e. The van der Waals surface area contributed by atoms with Gasteiger partial charge in [0.2, 0.25) is 5.78 Å². The Labute approximate surface area is 127 Å². The molecular weight excluding hydrogens is 278 g/mol. The van der Waals surface area contributed by atoms with Crippen LogP contribution in [0.4, 0.5) is 0 Å². The molecule has 110 valence electrons. The molecular formula is C17H15N3O2. The van der Waals surface area contributed by atoms with E-state index < -0.39 is 0 Å². The summed E-state index contributed by atoms with van der Waals surface area (Å²) in [5.41, 5.74) is 1.80. The summed E-state index contributed by atoms with van der Waals surface area (Å²) >= 11 is 0. The van der Waals surface area contributed by atoms with Crippen molar-refractivity contribution in [3.8, 4) is 0 Å². The molecule has 22 heavy (non-hydrogen) atoms. The van der Waals surface area contributed by atoms with Gasteiger partial charge in [0, 0.05) is 18.0 Å². The number of hydrogen-bond acceptors (Lipinski definition) is 3. The van der Waals surface area contributed by atoms with Gasteiger partial charge in [-0.05, 0) is 18.2 Å². The minimum atomic E-state index is -0.269. The van der Waals surface area contributed by atoms with Crippen molar-refractivity contribution < 1.29 is 9.59 Å². The fourth-order valence-electron chi connectivity index (χ4n) is 2.36. The number of Topliss-reactive ketones (excluding diaryl/α,β-unsaturated/α-hetero) is 1. The van der Waals surface area contributed by atoms with Crippen LogP contribution in [0.5, 0.6) is 0 Å². The van der Waals surface area contributed by atoms with E-state index in [0.717, 1.165) is 10.9 Å². The molecule has 0 aliphatic rings. The molecule has 0 fully saturated rings. The number of hydrogen-bond donors (Lipinski definition) is 1. The quantitative estimate of drug-likeness (QED) is 0.750. The Morgan fingerprint density at radius 1 is 1.05 bits per heavy atom. The average Bonchev–Trinajstić information content (AvgIpc) is 2.91. The van der Waals surface area contributed by atoms with Gasteiger partial charge < -0.3 is 5.32 Å². The van der Waals surface area contributed by atoms with Crippen molar-refractivity contribution in [1.29, 1.82) is 0 Å². The second-order valence-corrected chi connectivity index (χ2v) is 4.96. The number of carbonyl (C=O) groups excluding carboxylic acids is 2. The lowest BCUT2D eigenvalue weighted by atomic mass is 10.1. The van der Waals surface area contributed by atoms with Crippen molar-refractivity contribution in [2.75, 3.05) is 6.54 Å². The number of para-hydroxylation sites is 1. The number of carbonyl (C=O) groups is 2. The van der Waals surface area contributed by atoms with E-state index in [0.29, 0.717) is 11.3 Å². The van der Waals surface area contributed by atoms with E-state index in [-0.39, 0.29) is 18.2 Å². The van der Waals surface area contributed by atoms with Crippen LogP contribution >= 0.6 is 0 Å². The number of nitrogens with one attached hydrogen (secondary N) is 1. The molecule has 1 N–H and O–H groups in total. The molecule has 3 rings (SSSR count). The lowest BCUT2D eigenvalue weighted by molar-refractivity contribution is 0.0902. The molecule has 5 heteroatoms. The summed E-state index contributed by atoms with van der Waals surface area (Å²) in [6.07, 6.45) is 0. The van der Waals surface area contributed by atoms with Gasteiger partial charge in [0.05, 0.1) is 12.1 Å². The van der Waals surface area contributed by atoms with Gasteiger partial charge in [0.25, 0.3) is 5.91 Å². The molecule has 3 aromatic rings. The Morgan fingerprint density at radius 3 is 2.50 bits per heavy atom. The lowest BCUT2D eigenvalue weighted by Gasteiger charge is -2.03. The second kappa shape index (κ2) is 5.81. The summed E-state index contributed by atoms with van der Waals surface area (Å²) in [5, 5.41) is 7.68. The Bertz CT molecular complexity index is 837. The first-order valence-corrected chi connectivity index (χ1v) is 6.95. The highest BCUT2D eigenvalue weighted by Gasteiger charge is 2.16.